The lowest BCUT2D eigenvalue weighted by molar-refractivity contribution is -0.119. The van der Waals surface area contributed by atoms with Crippen LogP contribution in [0.15, 0.2) is 35.8 Å². The maximum atomic E-state index is 11.9. The van der Waals surface area contributed by atoms with Gasteiger partial charge < -0.3 is 5.32 Å². The molecule has 1 N–H and O–H groups in total. The monoisotopic (exact) mass is 274 g/mol. The highest BCUT2D eigenvalue weighted by molar-refractivity contribution is 7.13. The zero-order valence-electron chi connectivity index (χ0n) is 11.2. The van der Waals surface area contributed by atoms with Gasteiger partial charge in [-0.3, -0.25) is 4.79 Å². The third-order valence-electron chi connectivity index (χ3n) is 3.00. The highest BCUT2D eigenvalue weighted by Gasteiger charge is 2.11. The Labute approximate surface area is 117 Å². The highest BCUT2D eigenvalue weighted by atomic mass is 32.1. The third-order valence-corrected chi connectivity index (χ3v) is 3.82. The molecule has 0 aliphatic heterocycles. The van der Waals surface area contributed by atoms with Crippen LogP contribution in [0.5, 0.6) is 0 Å². The van der Waals surface area contributed by atoms with Gasteiger partial charge in [0.2, 0.25) is 5.91 Å². The smallest absolute Gasteiger partial charge is 0.227 e. The van der Waals surface area contributed by atoms with Gasteiger partial charge in [0.15, 0.2) is 0 Å². The summed E-state index contributed by atoms with van der Waals surface area (Å²) >= 11 is 1.61. The van der Waals surface area contributed by atoms with E-state index in [0.29, 0.717) is 0 Å². The lowest BCUT2D eigenvalue weighted by Gasteiger charge is -2.11. The summed E-state index contributed by atoms with van der Waals surface area (Å²) in [7, 11) is 0. The van der Waals surface area contributed by atoms with Crippen molar-refractivity contribution < 1.29 is 4.79 Å². The van der Waals surface area contributed by atoms with Crippen LogP contribution in [0.2, 0.25) is 0 Å². The standard InChI is InChI=1S/C15H18N2OS/c1-3-4-11(2)14(18)17-13-7-5-12(6-8-13)15-16-9-10-19-15/h5-11H,3-4H2,1-2H3,(H,17,18)/t11-/m0/s1. The SMILES string of the molecule is CCC[C@H](C)C(=O)Nc1ccc(-c2nccs2)cc1. The Morgan fingerprint density at radius 1 is 1.37 bits per heavy atom. The molecule has 1 heterocycles. The predicted molar refractivity (Wildman–Crippen MR) is 80.3 cm³/mol. The van der Waals surface area contributed by atoms with Crippen LogP contribution in [0, 0.1) is 5.92 Å². The average molecular weight is 274 g/mol. The minimum Gasteiger partial charge on any atom is -0.326 e. The molecular formula is C15H18N2OS. The van der Waals surface area contributed by atoms with Gasteiger partial charge in [0.25, 0.3) is 0 Å². The molecule has 1 atom stereocenters. The van der Waals surface area contributed by atoms with E-state index in [2.05, 4.69) is 17.2 Å². The number of carbonyl (C=O) groups excluding carboxylic acids is 1. The number of nitrogens with zero attached hydrogens (tertiary/aromatic N) is 1. The number of anilines is 1. The van der Waals surface area contributed by atoms with Crippen molar-refractivity contribution in [2.75, 3.05) is 5.32 Å². The molecule has 19 heavy (non-hydrogen) atoms. The van der Waals surface area contributed by atoms with Crippen molar-refractivity contribution in [1.82, 2.24) is 4.98 Å². The summed E-state index contributed by atoms with van der Waals surface area (Å²) in [6.07, 6.45) is 3.74. The second-order valence-corrected chi connectivity index (χ2v) is 5.49. The van der Waals surface area contributed by atoms with Crippen LogP contribution in [0.1, 0.15) is 26.7 Å². The summed E-state index contributed by atoms with van der Waals surface area (Å²) in [6, 6.07) is 7.82. The van der Waals surface area contributed by atoms with Crippen molar-refractivity contribution in [2.24, 2.45) is 5.92 Å². The van der Waals surface area contributed by atoms with E-state index >= 15 is 0 Å². The number of hydrogen-bond acceptors (Lipinski definition) is 3. The van der Waals surface area contributed by atoms with E-state index in [1.807, 2.05) is 36.6 Å². The molecule has 0 saturated heterocycles. The van der Waals surface area contributed by atoms with Gasteiger partial charge in [0.05, 0.1) is 0 Å². The summed E-state index contributed by atoms with van der Waals surface area (Å²) in [4.78, 5) is 16.2. The van der Waals surface area contributed by atoms with Crippen molar-refractivity contribution in [3.63, 3.8) is 0 Å². The number of nitrogens with one attached hydrogen (secondary N) is 1. The molecule has 3 nitrogen and oxygen atoms in total. The van der Waals surface area contributed by atoms with Crippen molar-refractivity contribution in [2.45, 2.75) is 26.7 Å². The quantitative estimate of drug-likeness (QED) is 0.888. The Balaban J connectivity index is 2.01. The van der Waals surface area contributed by atoms with E-state index < -0.39 is 0 Å². The normalized spacial score (nSPS) is 12.1. The minimum atomic E-state index is 0.0589. The number of amides is 1. The average Bonchev–Trinajstić information content (AvgIpc) is 2.94. The fraction of sp³-hybridized carbons (Fsp3) is 0.333. The molecule has 0 saturated carbocycles. The summed E-state index contributed by atoms with van der Waals surface area (Å²) in [6.45, 7) is 4.05. The Morgan fingerprint density at radius 3 is 2.68 bits per heavy atom. The molecule has 4 heteroatoms. The molecule has 0 bridgehead atoms. The van der Waals surface area contributed by atoms with Gasteiger partial charge in [-0.1, -0.05) is 20.3 Å². The van der Waals surface area contributed by atoms with Crippen LogP contribution in [0.25, 0.3) is 10.6 Å². The van der Waals surface area contributed by atoms with Crippen LogP contribution < -0.4 is 5.32 Å². The highest BCUT2D eigenvalue weighted by Crippen LogP contribution is 2.23. The van der Waals surface area contributed by atoms with Gasteiger partial charge in [-0.15, -0.1) is 11.3 Å². The van der Waals surface area contributed by atoms with E-state index in [-0.39, 0.29) is 11.8 Å². The zero-order chi connectivity index (χ0) is 13.7. The van der Waals surface area contributed by atoms with Gasteiger partial charge in [-0.2, -0.15) is 0 Å². The van der Waals surface area contributed by atoms with Gasteiger partial charge in [-0.05, 0) is 30.7 Å². The molecule has 2 rings (SSSR count). The lowest BCUT2D eigenvalue weighted by Crippen LogP contribution is -2.20. The first-order chi connectivity index (χ1) is 9.20. The molecule has 0 aliphatic rings. The molecule has 1 aromatic carbocycles. The van der Waals surface area contributed by atoms with Gasteiger partial charge >= 0.3 is 0 Å². The lowest BCUT2D eigenvalue weighted by atomic mass is 10.1. The van der Waals surface area contributed by atoms with Crippen LogP contribution in [-0.4, -0.2) is 10.9 Å². The number of carbonyl (C=O) groups is 1. The molecule has 0 unspecified atom stereocenters. The van der Waals surface area contributed by atoms with Crippen molar-refractivity contribution in [3.05, 3.63) is 35.8 Å². The Bertz CT molecular complexity index is 520. The third kappa shape index (κ3) is 3.64. The maximum Gasteiger partial charge on any atom is 0.227 e. The summed E-state index contributed by atoms with van der Waals surface area (Å²) in [5.41, 5.74) is 1.92. The Kier molecular flexibility index (Phi) is 4.68. The number of benzene rings is 1. The fourth-order valence-electron chi connectivity index (χ4n) is 1.89. The maximum absolute atomic E-state index is 11.9. The van der Waals surface area contributed by atoms with E-state index in [1.54, 1.807) is 17.5 Å². The van der Waals surface area contributed by atoms with Crippen LogP contribution >= 0.6 is 11.3 Å². The number of hydrogen-bond donors (Lipinski definition) is 1. The second-order valence-electron chi connectivity index (χ2n) is 4.59. The Morgan fingerprint density at radius 2 is 2.11 bits per heavy atom. The largest absolute Gasteiger partial charge is 0.326 e. The minimum absolute atomic E-state index is 0.0589. The molecule has 1 aromatic heterocycles. The van der Waals surface area contributed by atoms with Gasteiger partial charge in [-0.25, -0.2) is 4.98 Å². The fourth-order valence-corrected chi connectivity index (χ4v) is 2.54. The molecule has 2 aromatic rings. The molecule has 0 fully saturated rings. The predicted octanol–water partition coefficient (Wildman–Crippen LogP) is 4.18. The van der Waals surface area contributed by atoms with E-state index in [9.17, 15) is 4.79 Å². The first-order valence-electron chi connectivity index (χ1n) is 6.51. The van der Waals surface area contributed by atoms with Crippen molar-refractivity contribution >= 4 is 22.9 Å². The number of thiazole rings is 1. The van der Waals surface area contributed by atoms with Gasteiger partial charge in [0.1, 0.15) is 5.01 Å². The van der Waals surface area contributed by atoms with Crippen LogP contribution in [-0.2, 0) is 4.79 Å². The first-order valence-corrected chi connectivity index (χ1v) is 7.39. The second kappa shape index (κ2) is 6.48. The number of aromatic nitrogens is 1. The van der Waals surface area contributed by atoms with E-state index in [0.717, 1.165) is 29.1 Å². The van der Waals surface area contributed by atoms with Crippen molar-refractivity contribution in [1.29, 1.82) is 0 Å². The van der Waals surface area contributed by atoms with E-state index in [1.165, 1.54) is 0 Å². The molecular weight excluding hydrogens is 256 g/mol. The molecule has 1 amide bonds. The van der Waals surface area contributed by atoms with E-state index in [4.69, 9.17) is 0 Å². The molecule has 0 radical (unpaired) electrons. The summed E-state index contributed by atoms with van der Waals surface area (Å²) in [5.74, 6) is 0.146. The summed E-state index contributed by atoms with van der Waals surface area (Å²) in [5, 5.41) is 5.90. The van der Waals surface area contributed by atoms with Gasteiger partial charge in [0, 0.05) is 28.7 Å². The van der Waals surface area contributed by atoms with Crippen molar-refractivity contribution in [3.8, 4) is 10.6 Å². The molecule has 0 spiro atoms. The zero-order valence-corrected chi connectivity index (χ0v) is 12.0. The molecule has 0 aliphatic carbocycles. The van der Waals surface area contributed by atoms with Crippen LogP contribution in [0.3, 0.4) is 0 Å². The summed E-state index contributed by atoms with van der Waals surface area (Å²) < 4.78 is 0. The van der Waals surface area contributed by atoms with Crippen LogP contribution in [0.4, 0.5) is 5.69 Å². The first kappa shape index (κ1) is 13.7. The molecule has 100 valence electrons. The topological polar surface area (TPSA) is 42.0 Å². The Hall–Kier alpha value is -1.68. The number of rotatable bonds is 5.